The molecule has 0 radical (unpaired) electrons. The van der Waals surface area contributed by atoms with Gasteiger partial charge in [0.15, 0.2) is 12.6 Å². The Balaban J connectivity index is 1.20. The van der Waals surface area contributed by atoms with Gasteiger partial charge in [0.05, 0.1) is 21.8 Å². The highest BCUT2D eigenvalue weighted by Gasteiger charge is 2.16. The van der Waals surface area contributed by atoms with Crippen molar-refractivity contribution in [2.75, 3.05) is 5.73 Å². The van der Waals surface area contributed by atoms with Gasteiger partial charge >= 0.3 is 0 Å². The van der Waals surface area contributed by atoms with Crippen molar-refractivity contribution in [2.24, 2.45) is 0 Å². The van der Waals surface area contributed by atoms with Gasteiger partial charge in [0, 0.05) is 59.2 Å². The Labute approximate surface area is 331 Å². The molecule has 0 fully saturated rings. The van der Waals surface area contributed by atoms with Gasteiger partial charge in [-0.1, -0.05) is 73.3 Å². The normalized spacial score (nSPS) is 10.7. The lowest BCUT2D eigenvalue weighted by molar-refractivity contribution is 0.111. The van der Waals surface area contributed by atoms with E-state index in [2.05, 4.69) is 49.1 Å². The van der Waals surface area contributed by atoms with Crippen LogP contribution < -0.4 is 24.7 Å². The number of hydrogen-bond donors (Lipinski definition) is 1. The molecule has 0 spiro atoms. The molecular weight excluding hydrogens is 726 g/mol. The molecule has 9 nitrogen and oxygen atoms in total. The van der Waals surface area contributed by atoms with Crippen molar-refractivity contribution >= 4 is 42.0 Å². The largest absolute Gasteiger partial charge is 0.488 e. The van der Waals surface area contributed by atoms with Gasteiger partial charge in [0.1, 0.15) is 49.4 Å². The maximum Gasteiger partial charge on any atom is 0.153 e. The van der Waals surface area contributed by atoms with Crippen molar-refractivity contribution in [2.45, 2.75) is 40.3 Å². The predicted octanol–water partition coefficient (Wildman–Crippen LogP) is 10.2. The van der Waals surface area contributed by atoms with Crippen LogP contribution in [0.4, 0.5) is 5.69 Å². The van der Waals surface area contributed by atoms with E-state index in [1.54, 1.807) is 73.3 Å². The van der Waals surface area contributed by atoms with E-state index in [9.17, 15) is 9.59 Å². The minimum atomic E-state index is 0.173. The van der Waals surface area contributed by atoms with E-state index >= 15 is 0 Å². The van der Waals surface area contributed by atoms with Crippen molar-refractivity contribution in [3.63, 3.8) is 0 Å². The first-order valence-electron chi connectivity index (χ1n) is 17.7. The zero-order valence-electron chi connectivity index (χ0n) is 31.1. The van der Waals surface area contributed by atoms with E-state index in [4.69, 9.17) is 36.3 Å². The van der Waals surface area contributed by atoms with E-state index in [1.165, 1.54) is 0 Å². The van der Waals surface area contributed by atoms with Crippen LogP contribution in [0.1, 0.15) is 65.2 Å². The lowest BCUT2D eigenvalue weighted by Gasteiger charge is -2.18. The number of benzene rings is 4. The van der Waals surface area contributed by atoms with Gasteiger partial charge in [-0.05, 0) is 71.5 Å². The van der Waals surface area contributed by atoms with Crippen molar-refractivity contribution in [1.29, 1.82) is 0 Å². The van der Waals surface area contributed by atoms with Gasteiger partial charge in [-0.15, -0.1) is 0 Å². The molecule has 6 aromatic rings. The first kappa shape index (κ1) is 39.0. The molecule has 0 amide bonds. The van der Waals surface area contributed by atoms with Crippen molar-refractivity contribution in [3.8, 4) is 34.1 Å². The Morgan fingerprint density at radius 1 is 0.589 bits per heavy atom. The first-order chi connectivity index (χ1) is 27.2. The Bertz CT molecular complexity index is 2260. The summed E-state index contributed by atoms with van der Waals surface area (Å²) in [7, 11) is 0. The number of ether oxygens (including phenoxy) is 4. The van der Waals surface area contributed by atoms with Crippen LogP contribution in [0.2, 0.25) is 5.02 Å². The number of aromatic nitrogens is 2. The van der Waals surface area contributed by atoms with Crippen LogP contribution in [0.5, 0.6) is 23.0 Å². The number of rotatable bonds is 17. The molecule has 0 atom stereocenters. The smallest absolute Gasteiger partial charge is 0.153 e. The molecule has 282 valence electrons. The molecule has 0 aliphatic heterocycles. The van der Waals surface area contributed by atoms with Crippen LogP contribution >= 0.6 is 11.6 Å². The van der Waals surface area contributed by atoms with Crippen molar-refractivity contribution in [3.05, 3.63) is 171 Å². The Morgan fingerprint density at radius 3 is 1.48 bits per heavy atom. The molecule has 2 heterocycles. The molecule has 0 aliphatic carbocycles. The Morgan fingerprint density at radius 2 is 1.04 bits per heavy atom. The fraction of sp³-hybridized carbons (Fsp3) is 0.130. The highest BCUT2D eigenvalue weighted by molar-refractivity contribution is 6.30. The number of carbonyl (C=O) groups is 2. The zero-order valence-corrected chi connectivity index (χ0v) is 31.8. The van der Waals surface area contributed by atoms with E-state index in [0.29, 0.717) is 56.0 Å². The van der Waals surface area contributed by atoms with Gasteiger partial charge in [-0.3, -0.25) is 19.6 Å². The van der Waals surface area contributed by atoms with Crippen LogP contribution in [0.3, 0.4) is 0 Å². The van der Waals surface area contributed by atoms with Crippen LogP contribution in [-0.2, 0) is 26.4 Å². The molecule has 10 heteroatoms. The average molecular weight is 766 g/mol. The second kappa shape index (κ2) is 18.1. The summed E-state index contributed by atoms with van der Waals surface area (Å²) in [5.41, 5.74) is 16.2. The van der Waals surface area contributed by atoms with Crippen LogP contribution in [-0.4, -0.2) is 22.5 Å². The minimum absolute atomic E-state index is 0.173. The zero-order chi connectivity index (χ0) is 39.6. The van der Waals surface area contributed by atoms with Crippen LogP contribution in [0, 0.1) is 13.8 Å². The van der Waals surface area contributed by atoms with Gasteiger partial charge in [0.25, 0.3) is 0 Å². The third kappa shape index (κ3) is 9.14. The summed E-state index contributed by atoms with van der Waals surface area (Å²) in [5, 5.41) is 0.495. The molecule has 6 rings (SSSR count). The van der Waals surface area contributed by atoms with Gasteiger partial charge < -0.3 is 24.7 Å². The SMILES string of the molecule is C=Cc1cc(C=O)c(OCc2cncc(N)c2)cc1OCc1cccc(-c2cccc(COc3cc(OCc4cncc(Cl)c4)c(C=O)cc3C=C)c2C)c1C. The Kier molecular flexibility index (Phi) is 12.6. The summed E-state index contributed by atoms with van der Waals surface area (Å²) >= 11 is 6.09. The molecule has 0 aliphatic rings. The number of nitrogens with zero attached hydrogens (tertiary/aromatic N) is 2. The third-order valence-electron chi connectivity index (χ3n) is 9.29. The number of halogens is 1. The molecule has 4 aromatic carbocycles. The maximum absolute atomic E-state index is 12.0. The van der Waals surface area contributed by atoms with E-state index in [1.807, 2.05) is 24.3 Å². The molecule has 0 bridgehead atoms. The number of nitrogen functional groups attached to an aromatic ring is 1. The summed E-state index contributed by atoms with van der Waals surface area (Å²) < 4.78 is 24.8. The lowest BCUT2D eigenvalue weighted by Crippen LogP contribution is -2.05. The van der Waals surface area contributed by atoms with Gasteiger partial charge in [-0.25, -0.2) is 0 Å². The molecule has 2 aromatic heterocycles. The fourth-order valence-corrected chi connectivity index (χ4v) is 6.41. The Hall–Kier alpha value is -6.71. The predicted molar refractivity (Wildman–Crippen MR) is 220 cm³/mol. The fourth-order valence-electron chi connectivity index (χ4n) is 6.21. The van der Waals surface area contributed by atoms with Gasteiger partial charge in [-0.2, -0.15) is 0 Å². The summed E-state index contributed by atoms with van der Waals surface area (Å²) in [4.78, 5) is 32.1. The second-order valence-electron chi connectivity index (χ2n) is 13.0. The standard InChI is InChI=1S/C46H40ClN3O6/c1-5-33-15-37(23-51)45(53-25-31-13-39(47)21-49-19-31)17-43(33)55-27-35-9-7-11-41(29(35)3)42-12-8-10-36(30(42)4)28-56-44-18-46(38(24-52)16-34(44)6-2)54-26-32-14-40(48)22-50-20-32/h5-24H,1-2,25-28,48H2,3-4H3. The van der Waals surface area contributed by atoms with Crippen LogP contribution in [0.25, 0.3) is 23.3 Å². The molecular formula is C46H40ClN3O6. The number of hydrogen-bond acceptors (Lipinski definition) is 9. The highest BCUT2D eigenvalue weighted by atomic mass is 35.5. The summed E-state index contributed by atoms with van der Waals surface area (Å²) in [6, 6.07) is 22.6. The lowest BCUT2D eigenvalue weighted by atomic mass is 9.92. The van der Waals surface area contributed by atoms with E-state index in [0.717, 1.165) is 57.1 Å². The molecule has 2 N–H and O–H groups in total. The second-order valence-corrected chi connectivity index (χ2v) is 13.4. The summed E-state index contributed by atoms with van der Waals surface area (Å²) in [6.07, 6.45) is 11.2. The van der Waals surface area contributed by atoms with E-state index in [-0.39, 0.29) is 26.4 Å². The number of anilines is 1. The number of nitrogens with two attached hydrogens (primary N) is 1. The first-order valence-corrected chi connectivity index (χ1v) is 18.1. The van der Waals surface area contributed by atoms with Gasteiger partial charge in [0.2, 0.25) is 0 Å². The molecule has 0 saturated carbocycles. The van der Waals surface area contributed by atoms with Crippen molar-refractivity contribution in [1.82, 2.24) is 9.97 Å². The average Bonchev–Trinajstić information content (AvgIpc) is 3.21. The third-order valence-corrected chi connectivity index (χ3v) is 9.50. The van der Waals surface area contributed by atoms with Crippen LogP contribution in [0.15, 0.2) is 111 Å². The molecule has 56 heavy (non-hydrogen) atoms. The van der Waals surface area contributed by atoms with E-state index < -0.39 is 0 Å². The number of aldehydes is 2. The number of carbonyl (C=O) groups excluding carboxylic acids is 2. The summed E-state index contributed by atoms with van der Waals surface area (Å²) in [5.74, 6) is 1.81. The van der Waals surface area contributed by atoms with Crippen molar-refractivity contribution < 1.29 is 28.5 Å². The molecule has 0 unspecified atom stereocenters. The maximum atomic E-state index is 12.0. The monoisotopic (exact) mass is 765 g/mol. The minimum Gasteiger partial charge on any atom is -0.488 e. The number of pyridine rings is 2. The summed E-state index contributed by atoms with van der Waals surface area (Å²) in [6.45, 7) is 12.9. The quantitative estimate of drug-likeness (QED) is 0.0904. The highest BCUT2D eigenvalue weighted by Crippen LogP contribution is 2.35. The molecule has 0 saturated heterocycles. The topological polar surface area (TPSA) is 123 Å².